The Bertz CT molecular complexity index is 911. The third kappa shape index (κ3) is 3.46. The number of aromatic amines is 1. The van der Waals surface area contributed by atoms with Gasteiger partial charge in [-0.3, -0.25) is 9.89 Å². The van der Waals surface area contributed by atoms with Crippen LogP contribution >= 0.6 is 0 Å². The highest BCUT2D eigenvalue weighted by molar-refractivity contribution is 6.06. The molecule has 0 saturated carbocycles. The summed E-state index contributed by atoms with van der Waals surface area (Å²) in [6, 6.07) is 12.1. The Morgan fingerprint density at radius 2 is 1.83 bits per heavy atom. The topological polar surface area (TPSA) is 45.8 Å². The van der Waals surface area contributed by atoms with Crippen LogP contribution in [0.1, 0.15) is 21.6 Å². The molecule has 120 valence electrons. The van der Waals surface area contributed by atoms with Gasteiger partial charge >= 0.3 is 0 Å². The summed E-state index contributed by atoms with van der Waals surface area (Å²) in [5, 5.41) is 6.88. The number of hydrogen-bond acceptors (Lipinski definition) is 2. The van der Waals surface area contributed by atoms with Crippen molar-refractivity contribution in [3.05, 3.63) is 83.1 Å². The van der Waals surface area contributed by atoms with Crippen LogP contribution in [0, 0.1) is 18.6 Å². The zero-order valence-electron chi connectivity index (χ0n) is 12.9. The third-order valence-corrected chi connectivity index (χ3v) is 3.54. The average molecular weight is 324 g/mol. The zero-order valence-corrected chi connectivity index (χ0v) is 12.9. The summed E-state index contributed by atoms with van der Waals surface area (Å²) in [6.07, 6.45) is 2.82. The van der Waals surface area contributed by atoms with Crippen molar-refractivity contribution in [3.8, 4) is 11.3 Å². The summed E-state index contributed by atoms with van der Waals surface area (Å²) in [6.45, 7) is 1.76. The van der Waals surface area contributed by atoms with Crippen LogP contribution in [0.5, 0.6) is 0 Å². The van der Waals surface area contributed by atoms with E-state index in [2.05, 4.69) is 10.2 Å². The number of aryl methyl sites for hydroxylation is 1. The largest absolute Gasteiger partial charge is 0.289 e. The monoisotopic (exact) mass is 324 g/mol. The van der Waals surface area contributed by atoms with Gasteiger partial charge in [0.05, 0.1) is 17.0 Å². The van der Waals surface area contributed by atoms with Crippen LogP contribution in [0.4, 0.5) is 8.78 Å². The summed E-state index contributed by atoms with van der Waals surface area (Å²) in [5.41, 5.74) is 2.75. The zero-order chi connectivity index (χ0) is 17.1. The molecule has 0 bridgehead atoms. The molecule has 0 unspecified atom stereocenters. The molecule has 3 nitrogen and oxygen atoms in total. The van der Waals surface area contributed by atoms with Crippen molar-refractivity contribution in [2.24, 2.45) is 0 Å². The molecule has 0 saturated heterocycles. The van der Waals surface area contributed by atoms with Gasteiger partial charge in [-0.15, -0.1) is 0 Å². The summed E-state index contributed by atoms with van der Waals surface area (Å²) >= 11 is 0. The Hall–Kier alpha value is -3.08. The molecule has 0 spiro atoms. The minimum Gasteiger partial charge on any atom is -0.289 e. The van der Waals surface area contributed by atoms with Crippen LogP contribution in [0.25, 0.3) is 17.3 Å². The standard InChI is InChI=1S/C19H14F2N2O/c1-12-2-8-16(17(21)10-12)19(24)9-7-15-11-18(23-22-15)13-3-5-14(20)6-4-13/h2-11H,1H3,(H,22,23)/b9-7+. The van der Waals surface area contributed by atoms with Crippen LogP contribution in [0.2, 0.25) is 0 Å². The molecule has 0 aliphatic heterocycles. The molecule has 5 heteroatoms. The number of halogens is 2. The predicted molar refractivity (Wildman–Crippen MR) is 88.5 cm³/mol. The second kappa shape index (κ2) is 6.58. The first kappa shape index (κ1) is 15.8. The van der Waals surface area contributed by atoms with E-state index in [0.717, 1.165) is 11.1 Å². The lowest BCUT2D eigenvalue weighted by Gasteiger charge is -1.99. The van der Waals surface area contributed by atoms with Crippen molar-refractivity contribution in [2.45, 2.75) is 6.92 Å². The van der Waals surface area contributed by atoms with E-state index in [-0.39, 0.29) is 11.4 Å². The Kier molecular flexibility index (Phi) is 4.33. The molecule has 3 aromatic rings. The number of allylic oxidation sites excluding steroid dienone is 1. The SMILES string of the molecule is Cc1ccc(C(=O)/C=C/c2cc(-c3ccc(F)cc3)n[nH]2)c(F)c1. The molecule has 1 N–H and O–H groups in total. The van der Waals surface area contributed by atoms with Gasteiger partial charge in [-0.2, -0.15) is 5.10 Å². The highest BCUT2D eigenvalue weighted by atomic mass is 19.1. The van der Waals surface area contributed by atoms with Crippen molar-refractivity contribution in [1.29, 1.82) is 0 Å². The molecule has 0 fully saturated rings. The number of aromatic nitrogens is 2. The molecule has 0 aliphatic rings. The summed E-state index contributed by atoms with van der Waals surface area (Å²) in [7, 11) is 0. The van der Waals surface area contributed by atoms with Crippen molar-refractivity contribution in [2.75, 3.05) is 0 Å². The van der Waals surface area contributed by atoms with Gasteiger partial charge in [0.1, 0.15) is 11.6 Å². The second-order valence-electron chi connectivity index (χ2n) is 5.40. The van der Waals surface area contributed by atoms with E-state index >= 15 is 0 Å². The Labute approximate surface area is 137 Å². The van der Waals surface area contributed by atoms with Crippen molar-refractivity contribution < 1.29 is 13.6 Å². The van der Waals surface area contributed by atoms with E-state index < -0.39 is 11.6 Å². The number of hydrogen-bond donors (Lipinski definition) is 1. The predicted octanol–water partition coefficient (Wildman–Crippen LogP) is 4.56. The molecule has 2 aromatic carbocycles. The van der Waals surface area contributed by atoms with Gasteiger partial charge in [-0.1, -0.05) is 6.07 Å². The van der Waals surface area contributed by atoms with E-state index in [4.69, 9.17) is 0 Å². The van der Waals surface area contributed by atoms with Crippen LogP contribution < -0.4 is 0 Å². The van der Waals surface area contributed by atoms with Gasteiger partial charge in [0.2, 0.25) is 0 Å². The highest BCUT2D eigenvalue weighted by Crippen LogP contribution is 2.19. The lowest BCUT2D eigenvalue weighted by molar-refractivity contribution is 0.104. The maximum Gasteiger partial charge on any atom is 0.188 e. The molecule has 0 aliphatic carbocycles. The van der Waals surface area contributed by atoms with E-state index in [1.165, 1.54) is 36.4 Å². The average Bonchev–Trinajstić information content (AvgIpc) is 3.02. The summed E-state index contributed by atoms with van der Waals surface area (Å²) < 4.78 is 26.7. The lowest BCUT2D eigenvalue weighted by atomic mass is 10.1. The minimum atomic E-state index is -0.540. The maximum absolute atomic E-state index is 13.8. The number of ketones is 1. The number of carbonyl (C=O) groups is 1. The Morgan fingerprint density at radius 3 is 2.54 bits per heavy atom. The third-order valence-electron chi connectivity index (χ3n) is 3.54. The highest BCUT2D eigenvalue weighted by Gasteiger charge is 2.09. The summed E-state index contributed by atoms with van der Waals surface area (Å²) in [4.78, 5) is 12.1. The normalized spacial score (nSPS) is 11.1. The van der Waals surface area contributed by atoms with E-state index in [1.54, 1.807) is 31.2 Å². The first-order valence-corrected chi connectivity index (χ1v) is 7.33. The Balaban J connectivity index is 1.77. The van der Waals surface area contributed by atoms with E-state index in [1.807, 2.05) is 0 Å². The van der Waals surface area contributed by atoms with Crippen LogP contribution in [-0.2, 0) is 0 Å². The number of H-pyrrole nitrogens is 1. The maximum atomic E-state index is 13.8. The van der Waals surface area contributed by atoms with Crippen molar-refractivity contribution in [3.63, 3.8) is 0 Å². The lowest BCUT2D eigenvalue weighted by Crippen LogP contribution is -1.98. The number of rotatable bonds is 4. The number of benzene rings is 2. The molecule has 24 heavy (non-hydrogen) atoms. The summed E-state index contributed by atoms with van der Waals surface area (Å²) in [5.74, 6) is -1.29. The number of nitrogens with zero attached hydrogens (tertiary/aromatic N) is 1. The van der Waals surface area contributed by atoms with Crippen LogP contribution in [0.3, 0.4) is 0 Å². The van der Waals surface area contributed by atoms with Gasteiger partial charge in [0.15, 0.2) is 5.78 Å². The molecular weight excluding hydrogens is 310 g/mol. The smallest absolute Gasteiger partial charge is 0.188 e. The molecule has 0 amide bonds. The fourth-order valence-electron chi connectivity index (χ4n) is 2.27. The molecule has 1 heterocycles. The number of nitrogens with one attached hydrogen (secondary N) is 1. The fraction of sp³-hybridized carbons (Fsp3) is 0.0526. The second-order valence-corrected chi connectivity index (χ2v) is 5.40. The van der Waals surface area contributed by atoms with Crippen LogP contribution in [-0.4, -0.2) is 16.0 Å². The first-order chi connectivity index (χ1) is 11.5. The quantitative estimate of drug-likeness (QED) is 0.565. The van der Waals surface area contributed by atoms with Gasteiger partial charge in [-0.25, -0.2) is 8.78 Å². The minimum absolute atomic E-state index is 0.0233. The van der Waals surface area contributed by atoms with Gasteiger partial charge < -0.3 is 0 Å². The Morgan fingerprint density at radius 1 is 1.08 bits per heavy atom. The molecule has 3 rings (SSSR count). The molecular formula is C19H14F2N2O. The van der Waals surface area contributed by atoms with Gasteiger partial charge in [0, 0.05) is 5.56 Å². The first-order valence-electron chi connectivity index (χ1n) is 7.33. The number of carbonyl (C=O) groups excluding carboxylic acids is 1. The molecule has 0 atom stereocenters. The van der Waals surface area contributed by atoms with Crippen molar-refractivity contribution >= 4 is 11.9 Å². The molecule has 0 radical (unpaired) electrons. The van der Waals surface area contributed by atoms with E-state index in [9.17, 15) is 13.6 Å². The van der Waals surface area contributed by atoms with Gasteiger partial charge in [-0.05, 0) is 67.1 Å². The van der Waals surface area contributed by atoms with Crippen LogP contribution in [0.15, 0.2) is 54.6 Å². The fourth-order valence-corrected chi connectivity index (χ4v) is 2.27. The van der Waals surface area contributed by atoms with Gasteiger partial charge in [0.25, 0.3) is 0 Å². The van der Waals surface area contributed by atoms with Crippen molar-refractivity contribution in [1.82, 2.24) is 10.2 Å². The molecule has 1 aromatic heterocycles. The van der Waals surface area contributed by atoms with E-state index in [0.29, 0.717) is 11.4 Å².